The van der Waals surface area contributed by atoms with Crippen LogP contribution in [0.1, 0.15) is 38.0 Å². The molecule has 1 heterocycles. The van der Waals surface area contributed by atoms with Crippen LogP contribution in [0.5, 0.6) is 0 Å². The van der Waals surface area contributed by atoms with Gasteiger partial charge in [0.15, 0.2) is 0 Å². The zero-order valence-corrected chi connectivity index (χ0v) is 12.1. The van der Waals surface area contributed by atoms with E-state index in [2.05, 4.69) is 11.8 Å². The molecule has 1 saturated heterocycles. The summed E-state index contributed by atoms with van der Waals surface area (Å²) in [7, 11) is 0. The predicted octanol–water partition coefficient (Wildman–Crippen LogP) is -0.166. The van der Waals surface area contributed by atoms with Crippen molar-refractivity contribution in [2.75, 3.05) is 19.6 Å². The van der Waals surface area contributed by atoms with Gasteiger partial charge in [0.1, 0.15) is 6.10 Å². The third-order valence-electron chi connectivity index (χ3n) is 3.36. The summed E-state index contributed by atoms with van der Waals surface area (Å²) in [5, 5.41) is 0. The van der Waals surface area contributed by atoms with Gasteiger partial charge in [0.25, 0.3) is 0 Å². The molecule has 4 heteroatoms. The molecular formula is C15H22ClNO2. The molecule has 0 amide bonds. The summed E-state index contributed by atoms with van der Waals surface area (Å²) in [5.74, 6) is -0.190. The Kier molecular flexibility index (Phi) is 6.89. The average Bonchev–Trinajstić information content (AvgIpc) is 2.42. The number of hydrogen-bond acceptors (Lipinski definition) is 3. The van der Waals surface area contributed by atoms with Crippen LogP contribution in [0.15, 0.2) is 30.3 Å². The minimum atomic E-state index is -0.190. The first-order valence-electron chi connectivity index (χ1n) is 6.78. The van der Waals surface area contributed by atoms with E-state index < -0.39 is 0 Å². The lowest BCUT2D eigenvalue weighted by molar-refractivity contribution is -0.0000772. The number of carbonyl (C=O) groups excluding carboxylic acids is 1. The van der Waals surface area contributed by atoms with Crippen molar-refractivity contribution in [1.82, 2.24) is 4.90 Å². The number of nitrogens with zero attached hydrogens (tertiary/aromatic N) is 1. The van der Waals surface area contributed by atoms with E-state index in [-0.39, 0.29) is 25.9 Å². The fraction of sp³-hybridized carbons (Fsp3) is 0.533. The number of halogens is 1. The molecule has 0 atom stereocenters. The molecule has 0 N–H and O–H groups in total. The summed E-state index contributed by atoms with van der Waals surface area (Å²) in [4.78, 5) is 14.3. The van der Waals surface area contributed by atoms with Gasteiger partial charge < -0.3 is 22.0 Å². The molecule has 1 aromatic carbocycles. The van der Waals surface area contributed by atoms with Gasteiger partial charge in [-0.2, -0.15) is 0 Å². The van der Waals surface area contributed by atoms with E-state index in [0.29, 0.717) is 5.56 Å². The van der Waals surface area contributed by atoms with Gasteiger partial charge in [-0.25, -0.2) is 4.79 Å². The Morgan fingerprint density at radius 1 is 1.32 bits per heavy atom. The molecule has 1 aliphatic heterocycles. The van der Waals surface area contributed by atoms with Crippen LogP contribution in [0.2, 0.25) is 0 Å². The van der Waals surface area contributed by atoms with Crippen LogP contribution in [0.3, 0.4) is 0 Å². The maximum atomic E-state index is 11.9. The van der Waals surface area contributed by atoms with E-state index in [1.165, 1.54) is 6.42 Å². The molecule has 1 fully saturated rings. The molecule has 0 saturated carbocycles. The molecule has 0 aromatic heterocycles. The summed E-state index contributed by atoms with van der Waals surface area (Å²) in [5.41, 5.74) is 0.647. The molecule has 19 heavy (non-hydrogen) atoms. The highest BCUT2D eigenvalue weighted by atomic mass is 35.5. The SMILES string of the molecule is CCCN1CCC(OC(=O)c2ccccc2)CC1.[Cl-].[H+]. The first kappa shape index (κ1) is 16.0. The maximum absolute atomic E-state index is 11.9. The number of esters is 1. The molecule has 2 rings (SSSR count). The largest absolute Gasteiger partial charge is 1.00 e. The van der Waals surface area contributed by atoms with Crippen molar-refractivity contribution in [2.24, 2.45) is 0 Å². The maximum Gasteiger partial charge on any atom is 1.00 e. The van der Waals surface area contributed by atoms with Crippen LogP contribution in [0.25, 0.3) is 0 Å². The molecule has 3 nitrogen and oxygen atoms in total. The van der Waals surface area contributed by atoms with Crippen LogP contribution >= 0.6 is 0 Å². The number of rotatable bonds is 4. The fourth-order valence-electron chi connectivity index (χ4n) is 2.36. The number of benzene rings is 1. The Morgan fingerprint density at radius 3 is 2.53 bits per heavy atom. The second-order valence-corrected chi connectivity index (χ2v) is 4.81. The van der Waals surface area contributed by atoms with E-state index in [4.69, 9.17) is 4.74 Å². The van der Waals surface area contributed by atoms with Crippen molar-refractivity contribution in [2.45, 2.75) is 32.3 Å². The summed E-state index contributed by atoms with van der Waals surface area (Å²) in [6.07, 6.45) is 3.19. The number of hydrogen-bond donors (Lipinski definition) is 0. The fourth-order valence-corrected chi connectivity index (χ4v) is 2.36. The lowest BCUT2D eigenvalue weighted by Crippen LogP contribution is -3.00. The molecule has 1 aliphatic rings. The summed E-state index contributed by atoms with van der Waals surface area (Å²) in [6, 6.07) is 9.23. The van der Waals surface area contributed by atoms with Gasteiger partial charge in [0, 0.05) is 13.1 Å². The first-order chi connectivity index (χ1) is 8.79. The minimum Gasteiger partial charge on any atom is -1.00 e. The van der Waals surface area contributed by atoms with Crippen LogP contribution in [-0.4, -0.2) is 36.6 Å². The Hall–Kier alpha value is -1.06. The topological polar surface area (TPSA) is 29.5 Å². The Balaban J connectivity index is 0.00000180. The highest BCUT2D eigenvalue weighted by Crippen LogP contribution is 2.15. The number of likely N-dealkylation sites (tertiary alicyclic amines) is 1. The molecular weight excluding hydrogens is 262 g/mol. The van der Waals surface area contributed by atoms with Crippen LogP contribution in [-0.2, 0) is 4.74 Å². The monoisotopic (exact) mass is 283 g/mol. The molecule has 0 radical (unpaired) electrons. The molecule has 0 spiro atoms. The van der Waals surface area contributed by atoms with Crippen molar-refractivity contribution in [1.29, 1.82) is 0 Å². The number of piperidine rings is 1. The average molecular weight is 284 g/mol. The molecule has 0 unspecified atom stereocenters. The lowest BCUT2D eigenvalue weighted by atomic mass is 10.1. The Morgan fingerprint density at radius 2 is 1.95 bits per heavy atom. The van der Waals surface area contributed by atoms with Gasteiger partial charge in [0.05, 0.1) is 5.56 Å². The third kappa shape index (κ3) is 4.84. The van der Waals surface area contributed by atoms with Gasteiger partial charge in [-0.3, -0.25) is 0 Å². The highest BCUT2D eigenvalue weighted by Gasteiger charge is 2.22. The zero-order valence-electron chi connectivity index (χ0n) is 12.3. The zero-order chi connectivity index (χ0) is 12.8. The van der Waals surface area contributed by atoms with Gasteiger partial charge in [-0.05, 0) is 37.9 Å². The summed E-state index contributed by atoms with van der Waals surface area (Å²) in [6.45, 7) is 5.43. The second kappa shape index (κ2) is 8.18. The van der Waals surface area contributed by atoms with Gasteiger partial charge in [0.2, 0.25) is 0 Å². The lowest BCUT2D eigenvalue weighted by Gasteiger charge is -2.31. The molecule has 0 bridgehead atoms. The minimum absolute atomic E-state index is 0. The number of carbonyl (C=O) groups is 1. The molecule has 106 valence electrons. The smallest absolute Gasteiger partial charge is 1.00 e. The van der Waals surface area contributed by atoms with Crippen molar-refractivity contribution >= 4 is 5.97 Å². The van der Waals surface area contributed by atoms with Crippen molar-refractivity contribution < 1.29 is 23.4 Å². The van der Waals surface area contributed by atoms with Gasteiger partial charge in [-0.15, -0.1) is 0 Å². The highest BCUT2D eigenvalue weighted by molar-refractivity contribution is 5.89. The number of ether oxygens (including phenoxy) is 1. The van der Waals surface area contributed by atoms with E-state index in [1.807, 2.05) is 18.2 Å². The quantitative estimate of drug-likeness (QED) is 0.719. The normalized spacial score (nSPS) is 16.7. The van der Waals surface area contributed by atoms with Crippen molar-refractivity contribution in [3.8, 4) is 0 Å². The van der Waals surface area contributed by atoms with E-state index in [9.17, 15) is 4.79 Å². The van der Waals surface area contributed by atoms with Crippen molar-refractivity contribution in [3.63, 3.8) is 0 Å². The molecule has 1 aromatic rings. The Labute approximate surface area is 122 Å². The summed E-state index contributed by atoms with van der Waals surface area (Å²) >= 11 is 0. The van der Waals surface area contributed by atoms with Crippen molar-refractivity contribution in [3.05, 3.63) is 35.9 Å². The van der Waals surface area contributed by atoms with E-state index >= 15 is 0 Å². The standard InChI is InChI=1S/C15H21NO2.ClH/c1-2-10-16-11-8-14(9-12-16)18-15(17)13-6-4-3-5-7-13;/h3-7,14H,2,8-12H2,1H3;1H. The summed E-state index contributed by atoms with van der Waals surface area (Å²) < 4.78 is 5.54. The van der Waals surface area contributed by atoms with Crippen LogP contribution in [0, 0.1) is 0 Å². The predicted molar refractivity (Wildman–Crippen MR) is 72.7 cm³/mol. The van der Waals surface area contributed by atoms with Crippen LogP contribution in [0.4, 0.5) is 0 Å². The van der Waals surface area contributed by atoms with E-state index in [0.717, 1.165) is 32.5 Å². The van der Waals surface area contributed by atoms with Gasteiger partial charge in [-0.1, -0.05) is 25.1 Å². The van der Waals surface area contributed by atoms with E-state index in [1.54, 1.807) is 12.1 Å². The second-order valence-electron chi connectivity index (χ2n) is 4.81. The third-order valence-corrected chi connectivity index (χ3v) is 3.36. The van der Waals surface area contributed by atoms with Gasteiger partial charge >= 0.3 is 7.40 Å². The Bertz CT molecular complexity index is 381. The first-order valence-corrected chi connectivity index (χ1v) is 6.78. The molecule has 0 aliphatic carbocycles. The van der Waals surface area contributed by atoms with Crippen LogP contribution < -0.4 is 12.4 Å².